The van der Waals surface area contributed by atoms with Crippen molar-refractivity contribution in [1.29, 1.82) is 0 Å². The van der Waals surface area contributed by atoms with Crippen LogP contribution < -0.4 is 0 Å². The summed E-state index contributed by atoms with van der Waals surface area (Å²) in [4.78, 5) is 0. The number of nitrogens with zero attached hydrogens (tertiary/aromatic N) is 4. The third-order valence-corrected chi connectivity index (χ3v) is 4.29. The van der Waals surface area contributed by atoms with E-state index in [-0.39, 0.29) is 24.4 Å². The smallest absolute Gasteiger partial charge is 0.231 e. The molecule has 6 nitrogen and oxygen atoms in total. The Morgan fingerprint density at radius 1 is 1.20 bits per heavy atom. The van der Waals surface area contributed by atoms with Gasteiger partial charge in [-0.1, -0.05) is 23.7 Å². The summed E-state index contributed by atoms with van der Waals surface area (Å²) >= 11 is 6.13. The lowest BCUT2D eigenvalue weighted by Crippen LogP contribution is -2.19. The van der Waals surface area contributed by atoms with Crippen molar-refractivity contribution < 1.29 is 14.2 Å². The second kappa shape index (κ2) is 5.94. The molecule has 0 aliphatic carbocycles. The lowest BCUT2D eigenvalue weighted by molar-refractivity contribution is -0.475. The zero-order valence-electron chi connectivity index (χ0n) is 12.9. The second-order valence-electron chi connectivity index (χ2n) is 5.55. The highest BCUT2D eigenvalue weighted by Crippen LogP contribution is 2.28. The maximum atomic E-state index is 14.4. The molecule has 25 heavy (non-hydrogen) atoms. The van der Waals surface area contributed by atoms with Gasteiger partial charge in [0.05, 0.1) is 16.8 Å². The molecule has 0 spiro atoms. The Balaban J connectivity index is 2.07. The van der Waals surface area contributed by atoms with Crippen molar-refractivity contribution in [2.24, 2.45) is 0 Å². The van der Waals surface area contributed by atoms with Crippen LogP contribution >= 0.6 is 11.6 Å². The average molecular weight is 359 g/mol. The molecule has 0 amide bonds. The predicted octanol–water partition coefficient (Wildman–Crippen LogP) is 2.41. The van der Waals surface area contributed by atoms with Gasteiger partial charge in [-0.3, -0.25) is 4.57 Å². The zero-order chi connectivity index (χ0) is 17.6. The van der Waals surface area contributed by atoms with Crippen LogP contribution in [0.2, 0.25) is 5.02 Å². The van der Waals surface area contributed by atoms with Crippen molar-refractivity contribution in [3.63, 3.8) is 0 Å². The normalized spacial score (nSPS) is 13.4. The number of aliphatic hydroxyl groups excluding tert-OH is 1. The summed E-state index contributed by atoms with van der Waals surface area (Å²) in [7, 11) is 0. The highest BCUT2D eigenvalue weighted by atomic mass is 35.5. The van der Waals surface area contributed by atoms with Crippen molar-refractivity contribution in [1.82, 2.24) is 14.8 Å². The molecule has 3 aromatic rings. The fraction of sp³-hybridized carbons (Fsp3) is 0.118. The Kier molecular flexibility index (Phi) is 3.74. The number of aliphatic hydroxyl groups is 1. The van der Waals surface area contributed by atoms with E-state index in [0.29, 0.717) is 32.7 Å². The summed E-state index contributed by atoms with van der Waals surface area (Å²) in [6.45, 7) is -0.480. The minimum Gasteiger partial charge on any atom is -0.623 e. The molecular formula is C17H12ClFN4O2. The minimum atomic E-state index is -0.510. The molecule has 126 valence electrons. The Morgan fingerprint density at radius 2 is 2.00 bits per heavy atom. The van der Waals surface area contributed by atoms with E-state index in [1.807, 2.05) is 0 Å². The molecule has 2 heterocycles. The number of aromatic nitrogens is 3. The van der Waals surface area contributed by atoms with Crippen LogP contribution in [0.1, 0.15) is 22.8 Å². The lowest BCUT2D eigenvalue weighted by Gasteiger charge is -2.12. The number of benzene rings is 2. The number of hydrogen-bond donors (Lipinski definition) is 1. The SMILES string of the molecule is [O-][N+]1=C(c2ccccc2F)c2cc(Cl)ccc2-n2c(CO)nnc2C1. The maximum Gasteiger partial charge on any atom is 0.231 e. The van der Waals surface area contributed by atoms with Crippen LogP contribution in [0.4, 0.5) is 4.39 Å². The van der Waals surface area contributed by atoms with Gasteiger partial charge in [-0.05, 0) is 30.3 Å². The van der Waals surface area contributed by atoms with Gasteiger partial charge in [-0.15, -0.1) is 10.2 Å². The van der Waals surface area contributed by atoms with E-state index < -0.39 is 5.82 Å². The van der Waals surface area contributed by atoms with Gasteiger partial charge >= 0.3 is 0 Å². The van der Waals surface area contributed by atoms with Crippen molar-refractivity contribution >= 4 is 17.3 Å². The molecule has 0 atom stereocenters. The molecule has 2 aromatic carbocycles. The third-order valence-electron chi connectivity index (χ3n) is 4.06. The van der Waals surface area contributed by atoms with Crippen LogP contribution in [0.5, 0.6) is 0 Å². The van der Waals surface area contributed by atoms with E-state index in [0.717, 1.165) is 0 Å². The lowest BCUT2D eigenvalue weighted by atomic mass is 10.00. The standard InChI is InChI=1S/C17H12ClFN4O2/c18-10-5-6-14-12(7-10)17(11-3-1-2-4-13(11)19)22(25)8-15-20-21-16(9-24)23(14)15/h1-7,24H,8-9H2. The van der Waals surface area contributed by atoms with Crippen molar-refractivity contribution in [3.8, 4) is 5.69 Å². The van der Waals surface area contributed by atoms with E-state index in [2.05, 4.69) is 10.2 Å². The molecule has 0 saturated heterocycles. The number of rotatable bonds is 2. The van der Waals surface area contributed by atoms with Gasteiger partial charge in [0.2, 0.25) is 18.1 Å². The molecule has 0 unspecified atom stereocenters. The van der Waals surface area contributed by atoms with Gasteiger partial charge < -0.3 is 10.3 Å². The Labute approximate surface area is 147 Å². The largest absolute Gasteiger partial charge is 0.623 e. The highest BCUT2D eigenvalue weighted by molar-refractivity contribution is 6.31. The van der Waals surface area contributed by atoms with E-state index in [9.17, 15) is 14.7 Å². The molecule has 4 rings (SSSR count). The van der Waals surface area contributed by atoms with Gasteiger partial charge in [-0.25, -0.2) is 4.39 Å². The zero-order valence-corrected chi connectivity index (χ0v) is 13.6. The molecule has 8 heteroatoms. The van der Waals surface area contributed by atoms with E-state index in [1.165, 1.54) is 6.07 Å². The van der Waals surface area contributed by atoms with Gasteiger partial charge in [0.1, 0.15) is 12.4 Å². The number of halogens is 2. The Hall–Kier alpha value is -2.77. The van der Waals surface area contributed by atoms with Gasteiger partial charge in [-0.2, -0.15) is 4.74 Å². The molecule has 1 aliphatic heterocycles. The monoisotopic (exact) mass is 358 g/mol. The first kappa shape index (κ1) is 15.7. The van der Waals surface area contributed by atoms with Gasteiger partial charge in [0.15, 0.2) is 5.82 Å². The fourth-order valence-electron chi connectivity index (χ4n) is 3.00. The van der Waals surface area contributed by atoms with Crippen LogP contribution in [0.25, 0.3) is 5.69 Å². The Morgan fingerprint density at radius 3 is 2.76 bits per heavy atom. The van der Waals surface area contributed by atoms with Crippen molar-refractivity contribution in [2.75, 3.05) is 0 Å². The first-order valence-corrected chi connectivity index (χ1v) is 7.89. The molecule has 0 radical (unpaired) electrons. The van der Waals surface area contributed by atoms with Crippen molar-refractivity contribution in [3.05, 3.63) is 81.3 Å². The third kappa shape index (κ3) is 2.48. The van der Waals surface area contributed by atoms with Crippen LogP contribution in [0.3, 0.4) is 0 Å². The van der Waals surface area contributed by atoms with E-state index in [1.54, 1.807) is 41.0 Å². The van der Waals surface area contributed by atoms with E-state index in [4.69, 9.17) is 11.6 Å². The predicted molar refractivity (Wildman–Crippen MR) is 89.2 cm³/mol. The second-order valence-corrected chi connectivity index (χ2v) is 5.99. The number of hydrogen-bond acceptors (Lipinski definition) is 4. The fourth-order valence-corrected chi connectivity index (χ4v) is 3.18. The summed E-state index contributed by atoms with van der Waals surface area (Å²) in [5.41, 5.74) is 1.33. The quantitative estimate of drug-likeness (QED) is 0.563. The molecule has 0 bridgehead atoms. The number of hydroxylamine groups is 1. The van der Waals surface area contributed by atoms with Crippen molar-refractivity contribution in [2.45, 2.75) is 13.2 Å². The molecular weight excluding hydrogens is 347 g/mol. The van der Waals surface area contributed by atoms with Crippen LogP contribution in [-0.2, 0) is 13.2 Å². The molecule has 1 aliphatic rings. The number of fused-ring (bicyclic) bond motifs is 3. The molecule has 1 N–H and O–H groups in total. The van der Waals surface area contributed by atoms with Gasteiger partial charge in [0.25, 0.3) is 0 Å². The average Bonchev–Trinajstić information content (AvgIpc) is 2.94. The first-order chi connectivity index (χ1) is 12.1. The minimum absolute atomic E-state index is 0.136. The van der Waals surface area contributed by atoms with Crippen LogP contribution in [0, 0.1) is 11.0 Å². The van der Waals surface area contributed by atoms with Gasteiger partial charge in [0, 0.05) is 5.02 Å². The molecule has 1 aromatic heterocycles. The highest BCUT2D eigenvalue weighted by Gasteiger charge is 2.30. The van der Waals surface area contributed by atoms with E-state index >= 15 is 0 Å². The summed E-state index contributed by atoms with van der Waals surface area (Å²) < 4.78 is 16.7. The first-order valence-electron chi connectivity index (χ1n) is 7.51. The summed E-state index contributed by atoms with van der Waals surface area (Å²) in [5.74, 6) is 0.139. The summed E-state index contributed by atoms with van der Waals surface area (Å²) in [5, 5.41) is 30.7. The topological polar surface area (TPSA) is 77.0 Å². The maximum absolute atomic E-state index is 14.4. The Bertz CT molecular complexity index is 1020. The molecule has 0 saturated carbocycles. The van der Waals surface area contributed by atoms with Crippen LogP contribution in [-0.4, -0.2) is 30.3 Å². The molecule has 0 fully saturated rings. The summed E-state index contributed by atoms with van der Waals surface area (Å²) in [6.07, 6.45) is 0. The summed E-state index contributed by atoms with van der Waals surface area (Å²) in [6, 6.07) is 11.0. The van der Waals surface area contributed by atoms with Crippen LogP contribution in [0.15, 0.2) is 42.5 Å².